The Balaban J connectivity index is 2.41. The zero-order chi connectivity index (χ0) is 13.3. The molecular weight excluding hydrogens is 236 g/mol. The smallest absolute Gasteiger partial charge is 0.271 e. The summed E-state index contributed by atoms with van der Waals surface area (Å²) in [7, 11) is 1.80. The zero-order valence-electron chi connectivity index (χ0n) is 10.1. The molecule has 18 heavy (non-hydrogen) atoms. The van der Waals surface area contributed by atoms with E-state index < -0.39 is 4.92 Å². The summed E-state index contributed by atoms with van der Waals surface area (Å²) in [6, 6.07) is 4.39. The van der Waals surface area contributed by atoms with E-state index in [0.29, 0.717) is 17.0 Å². The molecule has 1 heterocycles. The number of fused-ring (bicyclic) bond motifs is 1. The quantitative estimate of drug-likeness (QED) is 0.629. The van der Waals surface area contributed by atoms with Crippen LogP contribution in [0.5, 0.6) is 0 Å². The Kier molecular flexibility index (Phi) is 3.15. The van der Waals surface area contributed by atoms with E-state index in [1.807, 2.05) is 6.92 Å². The summed E-state index contributed by atoms with van der Waals surface area (Å²) in [5.74, 6) is 0.576. The topological polar surface area (TPSA) is 95.3 Å². The summed E-state index contributed by atoms with van der Waals surface area (Å²) in [6.07, 6.45) is 0. The van der Waals surface area contributed by atoms with Gasteiger partial charge in [-0.3, -0.25) is 10.1 Å². The van der Waals surface area contributed by atoms with Gasteiger partial charge in [0.25, 0.3) is 5.69 Å². The fourth-order valence-electron chi connectivity index (χ4n) is 1.60. The Morgan fingerprint density at radius 2 is 2.33 bits per heavy atom. The fourth-order valence-corrected chi connectivity index (χ4v) is 1.60. The molecule has 2 N–H and O–H groups in total. The molecule has 0 saturated carbocycles. The maximum atomic E-state index is 10.7. The summed E-state index contributed by atoms with van der Waals surface area (Å²) in [5, 5.41) is 19.8. The Morgan fingerprint density at radius 1 is 1.61 bits per heavy atom. The number of rotatable bonds is 4. The van der Waals surface area contributed by atoms with E-state index in [-0.39, 0.29) is 18.3 Å². The first kappa shape index (κ1) is 12.3. The summed E-state index contributed by atoms with van der Waals surface area (Å²) < 4.78 is 0. The number of nitro benzene ring substituents is 1. The highest BCUT2D eigenvalue weighted by molar-refractivity contribution is 5.80. The lowest BCUT2D eigenvalue weighted by atomic mass is 10.3. The molecule has 1 unspecified atom stereocenters. The number of nitro groups is 1. The maximum Gasteiger partial charge on any atom is 0.271 e. The standard InChI is InChI=1S/C11H14N4O3/c1-7(6-16)14(2)11-12-9-4-3-8(15(17)18)5-10(9)13-11/h3-5,7,16H,6H2,1-2H3,(H,12,13). The number of imidazole rings is 1. The molecule has 1 aromatic carbocycles. The summed E-state index contributed by atoms with van der Waals surface area (Å²) in [5.41, 5.74) is 1.29. The number of anilines is 1. The van der Waals surface area contributed by atoms with Crippen LogP contribution in [-0.2, 0) is 0 Å². The average molecular weight is 250 g/mol. The van der Waals surface area contributed by atoms with Crippen LogP contribution in [-0.4, -0.2) is 39.7 Å². The van der Waals surface area contributed by atoms with Gasteiger partial charge in [-0.1, -0.05) is 0 Å². The first-order chi connectivity index (χ1) is 8.52. The van der Waals surface area contributed by atoms with Gasteiger partial charge in [0, 0.05) is 19.2 Å². The van der Waals surface area contributed by atoms with Gasteiger partial charge in [-0.25, -0.2) is 4.98 Å². The number of aliphatic hydroxyl groups excluding tert-OH is 1. The predicted octanol–water partition coefficient (Wildman–Crippen LogP) is 1.29. The number of nitrogens with one attached hydrogen (secondary N) is 1. The van der Waals surface area contributed by atoms with Gasteiger partial charge in [-0.05, 0) is 13.0 Å². The van der Waals surface area contributed by atoms with Gasteiger partial charge >= 0.3 is 0 Å². The molecule has 0 saturated heterocycles. The van der Waals surface area contributed by atoms with Crippen LogP contribution in [0.4, 0.5) is 11.6 Å². The first-order valence-corrected chi connectivity index (χ1v) is 5.50. The number of hydrogen-bond acceptors (Lipinski definition) is 5. The van der Waals surface area contributed by atoms with Crippen LogP contribution >= 0.6 is 0 Å². The number of aliphatic hydroxyl groups is 1. The van der Waals surface area contributed by atoms with Crippen molar-refractivity contribution in [2.75, 3.05) is 18.6 Å². The van der Waals surface area contributed by atoms with Crippen molar-refractivity contribution in [3.63, 3.8) is 0 Å². The van der Waals surface area contributed by atoms with Crippen molar-refractivity contribution in [1.82, 2.24) is 9.97 Å². The van der Waals surface area contributed by atoms with Gasteiger partial charge < -0.3 is 15.0 Å². The number of benzene rings is 1. The molecule has 1 aromatic heterocycles. The molecule has 0 spiro atoms. The molecule has 0 aliphatic heterocycles. The summed E-state index contributed by atoms with van der Waals surface area (Å²) >= 11 is 0. The van der Waals surface area contributed by atoms with E-state index >= 15 is 0 Å². The van der Waals surface area contributed by atoms with E-state index in [9.17, 15) is 10.1 Å². The third-order valence-corrected chi connectivity index (χ3v) is 2.92. The number of likely N-dealkylation sites (N-methyl/N-ethyl adjacent to an activating group) is 1. The van der Waals surface area contributed by atoms with E-state index in [4.69, 9.17) is 5.11 Å². The largest absolute Gasteiger partial charge is 0.394 e. The monoisotopic (exact) mass is 250 g/mol. The third kappa shape index (κ3) is 2.12. The molecule has 7 heteroatoms. The number of non-ortho nitro benzene ring substituents is 1. The molecule has 0 fully saturated rings. The maximum absolute atomic E-state index is 10.7. The minimum atomic E-state index is -0.444. The van der Waals surface area contributed by atoms with Crippen LogP contribution in [0.1, 0.15) is 6.92 Å². The molecule has 2 rings (SSSR count). The number of hydrogen-bond donors (Lipinski definition) is 2. The van der Waals surface area contributed by atoms with Crippen LogP contribution in [0.15, 0.2) is 18.2 Å². The van der Waals surface area contributed by atoms with Crippen molar-refractivity contribution < 1.29 is 10.0 Å². The zero-order valence-corrected chi connectivity index (χ0v) is 10.1. The van der Waals surface area contributed by atoms with Gasteiger partial charge in [-0.2, -0.15) is 0 Å². The lowest BCUT2D eigenvalue weighted by Gasteiger charge is -2.21. The highest BCUT2D eigenvalue weighted by atomic mass is 16.6. The molecule has 96 valence electrons. The minimum Gasteiger partial charge on any atom is -0.394 e. The Morgan fingerprint density at radius 3 is 2.94 bits per heavy atom. The van der Waals surface area contributed by atoms with Gasteiger partial charge in [-0.15, -0.1) is 0 Å². The van der Waals surface area contributed by atoms with E-state index in [1.54, 1.807) is 18.0 Å². The normalized spacial score (nSPS) is 12.6. The van der Waals surface area contributed by atoms with Crippen LogP contribution in [0, 0.1) is 10.1 Å². The van der Waals surface area contributed by atoms with Crippen LogP contribution in [0.25, 0.3) is 11.0 Å². The van der Waals surface area contributed by atoms with Crippen LogP contribution < -0.4 is 4.90 Å². The van der Waals surface area contributed by atoms with Crippen LogP contribution in [0.3, 0.4) is 0 Å². The van der Waals surface area contributed by atoms with Gasteiger partial charge in [0.1, 0.15) is 0 Å². The fraction of sp³-hybridized carbons (Fsp3) is 0.364. The van der Waals surface area contributed by atoms with Crippen molar-refractivity contribution in [2.24, 2.45) is 0 Å². The Bertz CT molecular complexity index is 581. The molecule has 1 atom stereocenters. The van der Waals surface area contributed by atoms with Gasteiger partial charge in [0.05, 0.1) is 28.6 Å². The molecule has 0 bridgehead atoms. The van der Waals surface area contributed by atoms with E-state index in [2.05, 4.69) is 9.97 Å². The SMILES string of the molecule is CC(CO)N(C)c1nc2ccc([N+](=O)[O-])cc2[nH]1. The lowest BCUT2D eigenvalue weighted by Crippen LogP contribution is -2.32. The molecule has 0 amide bonds. The van der Waals surface area contributed by atoms with Crippen molar-refractivity contribution in [1.29, 1.82) is 0 Å². The van der Waals surface area contributed by atoms with Crippen LogP contribution in [0.2, 0.25) is 0 Å². The van der Waals surface area contributed by atoms with E-state index in [1.165, 1.54) is 12.1 Å². The second-order valence-corrected chi connectivity index (χ2v) is 4.16. The minimum absolute atomic E-state index is 0.00763. The summed E-state index contributed by atoms with van der Waals surface area (Å²) in [6.45, 7) is 1.86. The third-order valence-electron chi connectivity index (χ3n) is 2.92. The van der Waals surface area contributed by atoms with Gasteiger partial charge in [0.15, 0.2) is 0 Å². The molecule has 0 aliphatic rings. The average Bonchev–Trinajstić information content (AvgIpc) is 2.79. The van der Waals surface area contributed by atoms with Crippen molar-refractivity contribution >= 4 is 22.7 Å². The molecular formula is C11H14N4O3. The Hall–Kier alpha value is -2.15. The van der Waals surface area contributed by atoms with E-state index in [0.717, 1.165) is 0 Å². The number of aromatic nitrogens is 2. The predicted molar refractivity (Wildman–Crippen MR) is 67.7 cm³/mol. The second kappa shape index (κ2) is 4.61. The molecule has 0 radical (unpaired) electrons. The number of nitrogens with zero attached hydrogens (tertiary/aromatic N) is 3. The summed E-state index contributed by atoms with van der Waals surface area (Å²) in [4.78, 5) is 19.3. The number of H-pyrrole nitrogens is 1. The highest BCUT2D eigenvalue weighted by Crippen LogP contribution is 2.22. The van der Waals surface area contributed by atoms with Crippen molar-refractivity contribution in [3.8, 4) is 0 Å². The molecule has 0 aliphatic carbocycles. The highest BCUT2D eigenvalue weighted by Gasteiger charge is 2.14. The molecule has 7 nitrogen and oxygen atoms in total. The van der Waals surface area contributed by atoms with Gasteiger partial charge in [0.2, 0.25) is 5.95 Å². The molecule has 2 aromatic rings. The second-order valence-electron chi connectivity index (χ2n) is 4.16. The van der Waals surface area contributed by atoms with Crippen molar-refractivity contribution in [2.45, 2.75) is 13.0 Å². The lowest BCUT2D eigenvalue weighted by molar-refractivity contribution is -0.384. The number of aromatic amines is 1. The Labute approximate surface area is 103 Å². The first-order valence-electron chi connectivity index (χ1n) is 5.50. The van der Waals surface area contributed by atoms with Crippen molar-refractivity contribution in [3.05, 3.63) is 28.3 Å².